The zero-order chi connectivity index (χ0) is 23.7. The minimum Gasteiger partial charge on any atom is -0.490 e. The van der Waals surface area contributed by atoms with Crippen molar-refractivity contribution in [3.05, 3.63) is 57.8 Å². The van der Waals surface area contributed by atoms with Crippen molar-refractivity contribution in [3.8, 4) is 11.8 Å². The molecule has 9 nitrogen and oxygen atoms in total. The molecule has 2 aromatic rings. The van der Waals surface area contributed by atoms with Crippen molar-refractivity contribution >= 4 is 41.0 Å². The molecule has 1 aliphatic rings. The van der Waals surface area contributed by atoms with Gasteiger partial charge in [-0.1, -0.05) is 23.2 Å². The number of hydrogen-bond donors (Lipinski definition) is 1. The van der Waals surface area contributed by atoms with E-state index in [1.54, 1.807) is 6.07 Å². The minimum atomic E-state index is -4.53. The van der Waals surface area contributed by atoms with E-state index in [9.17, 15) is 22.3 Å². The average Bonchev–Trinajstić information content (AvgIpc) is 2.69. The highest BCUT2D eigenvalue weighted by atomic mass is 35.5. The Bertz CT molecular complexity index is 1230. The third-order valence-corrected chi connectivity index (χ3v) is 8.13. The first-order valence-electron chi connectivity index (χ1n) is 8.78. The van der Waals surface area contributed by atoms with Gasteiger partial charge < -0.3 is 9.63 Å². The Morgan fingerprint density at radius 1 is 1.28 bits per heavy atom. The number of nitriles is 1. The summed E-state index contributed by atoms with van der Waals surface area (Å²) in [5.41, 5.74) is -1.76. The van der Waals surface area contributed by atoms with Gasteiger partial charge in [-0.3, -0.25) is 9.05 Å². The molecule has 1 unspecified atom stereocenters. The van der Waals surface area contributed by atoms with Gasteiger partial charge in [0.15, 0.2) is 0 Å². The number of rotatable bonds is 8. The molecule has 0 aromatic heterocycles. The van der Waals surface area contributed by atoms with Crippen molar-refractivity contribution in [1.82, 2.24) is 4.31 Å². The van der Waals surface area contributed by atoms with Crippen molar-refractivity contribution in [1.29, 1.82) is 5.26 Å². The molecule has 1 heterocycles. The zero-order valence-corrected chi connectivity index (χ0v) is 19.6. The first-order valence-corrected chi connectivity index (χ1v) is 12.5. The van der Waals surface area contributed by atoms with Crippen LogP contribution in [-0.2, 0) is 23.6 Å². The molecule has 0 spiro atoms. The van der Waals surface area contributed by atoms with Gasteiger partial charge in [-0.25, -0.2) is 17.4 Å². The zero-order valence-electron chi connectivity index (χ0n) is 16.4. The number of nitrogens with zero attached hydrogens (tertiary/aromatic N) is 2. The van der Waals surface area contributed by atoms with Crippen molar-refractivity contribution in [2.45, 2.75) is 10.5 Å². The summed E-state index contributed by atoms with van der Waals surface area (Å²) in [6.07, 6.45) is 0. The van der Waals surface area contributed by atoms with Crippen LogP contribution in [-0.4, -0.2) is 50.0 Å². The standard InChI is InChI=1S/C18H16Cl2FN2O7PS/c1-28-31(24,25)30-18(11-29-14-4-2-12(8-22)16(21)7-14)9-23(10-18)32(26,27)17-5-3-13(19)6-15(17)20/h2-7H,9-11H2,1H3,(H,24,25). The lowest BCUT2D eigenvalue weighted by Crippen LogP contribution is -2.66. The highest BCUT2D eigenvalue weighted by Gasteiger charge is 2.54. The Hall–Kier alpha value is -1.74. The van der Waals surface area contributed by atoms with Crippen LogP contribution < -0.4 is 4.74 Å². The first kappa shape index (κ1) is 24.9. The summed E-state index contributed by atoms with van der Waals surface area (Å²) in [7, 11) is -7.67. The molecule has 0 amide bonds. The van der Waals surface area contributed by atoms with E-state index in [-0.39, 0.29) is 39.3 Å². The molecule has 2 aromatic carbocycles. The molecule has 0 radical (unpaired) electrons. The summed E-state index contributed by atoms with van der Waals surface area (Å²) >= 11 is 11.8. The van der Waals surface area contributed by atoms with Crippen LogP contribution in [0, 0.1) is 17.1 Å². The molecule has 0 saturated carbocycles. The normalized spacial score (nSPS) is 17.8. The van der Waals surface area contributed by atoms with E-state index in [4.69, 9.17) is 37.7 Å². The van der Waals surface area contributed by atoms with Crippen molar-refractivity contribution < 1.29 is 36.1 Å². The molecule has 1 aliphatic heterocycles. The predicted molar refractivity (Wildman–Crippen MR) is 112 cm³/mol. The minimum absolute atomic E-state index is 0.0108. The molecule has 1 fully saturated rings. The van der Waals surface area contributed by atoms with Crippen LogP contribution in [0.1, 0.15) is 5.56 Å². The van der Waals surface area contributed by atoms with Crippen molar-refractivity contribution in [2.75, 3.05) is 26.8 Å². The third-order valence-electron chi connectivity index (χ3n) is 4.54. The average molecular weight is 525 g/mol. The Balaban J connectivity index is 1.82. The second-order valence-electron chi connectivity index (χ2n) is 6.82. The maximum atomic E-state index is 13.8. The van der Waals surface area contributed by atoms with E-state index < -0.39 is 35.9 Å². The van der Waals surface area contributed by atoms with E-state index in [1.165, 1.54) is 30.3 Å². The number of benzene rings is 2. The molecule has 14 heteroatoms. The molecule has 32 heavy (non-hydrogen) atoms. The molecule has 1 saturated heterocycles. The van der Waals surface area contributed by atoms with Crippen LogP contribution >= 0.6 is 31.0 Å². The van der Waals surface area contributed by atoms with Gasteiger partial charge in [0.25, 0.3) is 0 Å². The van der Waals surface area contributed by atoms with Gasteiger partial charge in [-0.05, 0) is 30.3 Å². The quantitative estimate of drug-likeness (QED) is 0.519. The topological polar surface area (TPSA) is 126 Å². The van der Waals surface area contributed by atoms with Crippen molar-refractivity contribution in [3.63, 3.8) is 0 Å². The van der Waals surface area contributed by atoms with Gasteiger partial charge in [0.2, 0.25) is 10.0 Å². The molecular weight excluding hydrogens is 509 g/mol. The van der Waals surface area contributed by atoms with Crippen LogP contribution in [0.4, 0.5) is 4.39 Å². The smallest absolute Gasteiger partial charge is 0.472 e. The lowest BCUT2D eigenvalue weighted by Gasteiger charge is -2.47. The van der Waals surface area contributed by atoms with Crippen LogP contribution in [0.5, 0.6) is 5.75 Å². The molecule has 0 bridgehead atoms. The maximum absolute atomic E-state index is 13.8. The Labute approximate surface area is 193 Å². The summed E-state index contributed by atoms with van der Waals surface area (Å²) in [6.45, 7) is -1.16. The van der Waals surface area contributed by atoms with Crippen LogP contribution in [0.15, 0.2) is 41.3 Å². The molecule has 0 aliphatic carbocycles. The molecule has 3 rings (SSSR count). The van der Waals surface area contributed by atoms with Crippen LogP contribution in [0.25, 0.3) is 0 Å². The van der Waals surface area contributed by atoms with Gasteiger partial charge in [0.05, 0.1) is 10.6 Å². The van der Waals surface area contributed by atoms with Gasteiger partial charge in [-0.2, -0.15) is 9.57 Å². The number of hydrogen-bond acceptors (Lipinski definition) is 7. The predicted octanol–water partition coefficient (Wildman–Crippen LogP) is 3.59. The second kappa shape index (κ2) is 9.25. The van der Waals surface area contributed by atoms with Gasteiger partial charge in [0.1, 0.15) is 34.7 Å². The third kappa shape index (κ3) is 5.25. The van der Waals surface area contributed by atoms with Gasteiger partial charge in [0, 0.05) is 31.3 Å². The van der Waals surface area contributed by atoms with Gasteiger partial charge >= 0.3 is 7.82 Å². The summed E-state index contributed by atoms with van der Waals surface area (Å²) in [4.78, 5) is 9.57. The highest BCUT2D eigenvalue weighted by molar-refractivity contribution is 7.89. The second-order valence-corrected chi connectivity index (χ2v) is 11.1. The van der Waals surface area contributed by atoms with E-state index >= 15 is 0 Å². The Kier molecular flexibility index (Phi) is 7.20. The molecular formula is C18H16Cl2FN2O7PS. The largest absolute Gasteiger partial charge is 0.490 e. The maximum Gasteiger partial charge on any atom is 0.472 e. The Morgan fingerprint density at radius 2 is 1.97 bits per heavy atom. The Morgan fingerprint density at radius 3 is 2.53 bits per heavy atom. The number of phosphoric acid groups is 1. The first-order chi connectivity index (χ1) is 14.9. The van der Waals surface area contributed by atoms with Crippen molar-refractivity contribution in [2.24, 2.45) is 0 Å². The monoisotopic (exact) mass is 524 g/mol. The fourth-order valence-corrected chi connectivity index (χ4v) is 6.01. The fourth-order valence-electron chi connectivity index (χ4n) is 2.94. The van der Waals surface area contributed by atoms with E-state index in [0.29, 0.717) is 0 Å². The lowest BCUT2D eigenvalue weighted by atomic mass is 9.99. The summed E-state index contributed by atoms with van der Waals surface area (Å²) in [5, 5.41) is 8.96. The summed E-state index contributed by atoms with van der Waals surface area (Å²) in [6, 6.07) is 9.02. The SMILES string of the molecule is COP(=O)(O)OC1(COc2ccc(C#N)c(F)c2)CN(S(=O)(=O)c2ccc(Cl)cc2Cl)C1. The van der Waals surface area contributed by atoms with Crippen LogP contribution in [0.3, 0.4) is 0 Å². The summed E-state index contributed by atoms with van der Waals surface area (Å²) in [5.74, 6) is -0.809. The fraction of sp³-hybridized carbons (Fsp3) is 0.278. The number of phosphoric ester groups is 1. The number of halogens is 3. The summed E-state index contributed by atoms with van der Waals surface area (Å²) < 4.78 is 67.7. The van der Waals surface area contributed by atoms with Crippen LogP contribution in [0.2, 0.25) is 10.0 Å². The van der Waals surface area contributed by atoms with E-state index in [1.807, 2.05) is 0 Å². The number of ether oxygens (including phenoxy) is 1. The molecule has 1 atom stereocenters. The van der Waals surface area contributed by atoms with E-state index in [2.05, 4.69) is 4.52 Å². The number of sulfonamides is 1. The molecule has 172 valence electrons. The highest BCUT2D eigenvalue weighted by Crippen LogP contribution is 2.50. The molecule has 1 N–H and O–H groups in total. The van der Waals surface area contributed by atoms with E-state index in [0.717, 1.165) is 17.5 Å². The lowest BCUT2D eigenvalue weighted by molar-refractivity contribution is -0.0827. The van der Waals surface area contributed by atoms with Gasteiger partial charge in [-0.15, -0.1) is 0 Å².